The van der Waals surface area contributed by atoms with Gasteiger partial charge in [-0.15, -0.1) is 16.8 Å². The minimum Gasteiger partial charge on any atom is -0.494 e. The summed E-state index contributed by atoms with van der Waals surface area (Å²) in [6.07, 6.45) is 2.19. The molecule has 0 saturated carbocycles. The number of anilines is 2. The van der Waals surface area contributed by atoms with E-state index in [-0.39, 0.29) is 52.1 Å². The lowest BCUT2D eigenvalue weighted by atomic mass is 10.1. The fourth-order valence-electron chi connectivity index (χ4n) is 3.47. The predicted molar refractivity (Wildman–Crippen MR) is 153 cm³/mol. The minimum absolute atomic E-state index is 0.0204. The molecule has 0 spiro atoms. The van der Waals surface area contributed by atoms with Gasteiger partial charge in [-0.25, -0.2) is 4.98 Å². The van der Waals surface area contributed by atoms with E-state index in [0.717, 1.165) is 11.3 Å². The molecule has 40 heavy (non-hydrogen) atoms. The molecule has 0 aliphatic rings. The zero-order chi connectivity index (χ0) is 29.1. The van der Waals surface area contributed by atoms with Crippen LogP contribution in [0.25, 0.3) is 0 Å². The van der Waals surface area contributed by atoms with Crippen LogP contribution in [0, 0.1) is 0 Å². The standard InChI is InChI=1S/C27H26ClN5O6S/c1-4-11-33(12-10-25(37)39-16-22(36)18-8-6-5-7-9-18)21-13-19(29-17(2)35)20(14-23(21)38-3)31-32-27-30-26(28)24(15-34)40-27/h4-9,13-15H,1,10-12,16H2,2-3H3,(H,29,35)/b32-31+. The maximum absolute atomic E-state index is 12.4. The molecule has 11 nitrogen and oxygen atoms in total. The monoisotopic (exact) mass is 583 g/mol. The fourth-order valence-corrected chi connectivity index (χ4v) is 4.36. The van der Waals surface area contributed by atoms with Gasteiger partial charge in [0.1, 0.15) is 16.3 Å². The van der Waals surface area contributed by atoms with Gasteiger partial charge in [-0.1, -0.05) is 59.3 Å². The lowest BCUT2D eigenvalue weighted by Crippen LogP contribution is -2.28. The van der Waals surface area contributed by atoms with E-state index in [4.69, 9.17) is 21.1 Å². The smallest absolute Gasteiger partial charge is 0.308 e. The van der Waals surface area contributed by atoms with Gasteiger partial charge in [0.25, 0.3) is 0 Å². The highest BCUT2D eigenvalue weighted by Crippen LogP contribution is 2.40. The quantitative estimate of drug-likeness (QED) is 0.0825. The molecule has 13 heteroatoms. The van der Waals surface area contributed by atoms with E-state index < -0.39 is 5.97 Å². The lowest BCUT2D eigenvalue weighted by molar-refractivity contribution is -0.142. The third kappa shape index (κ3) is 8.29. The fraction of sp³-hybridized carbons (Fsp3) is 0.222. The lowest BCUT2D eigenvalue weighted by Gasteiger charge is -2.26. The van der Waals surface area contributed by atoms with Crippen molar-refractivity contribution in [2.24, 2.45) is 10.2 Å². The number of halogens is 1. The number of azo groups is 1. The number of rotatable bonds is 14. The Morgan fingerprint density at radius 3 is 2.58 bits per heavy atom. The highest BCUT2D eigenvalue weighted by Gasteiger charge is 2.19. The first-order valence-corrected chi connectivity index (χ1v) is 13.1. The van der Waals surface area contributed by atoms with Crippen LogP contribution >= 0.6 is 22.9 Å². The molecule has 3 aromatic rings. The van der Waals surface area contributed by atoms with Gasteiger partial charge in [0.05, 0.1) is 24.9 Å². The number of carbonyl (C=O) groups is 4. The summed E-state index contributed by atoms with van der Waals surface area (Å²) in [4.78, 5) is 53.6. The van der Waals surface area contributed by atoms with Crippen LogP contribution in [0.4, 0.5) is 22.2 Å². The number of hydrogen-bond acceptors (Lipinski definition) is 11. The van der Waals surface area contributed by atoms with Crippen molar-refractivity contribution in [1.29, 1.82) is 0 Å². The Morgan fingerprint density at radius 2 is 1.95 bits per heavy atom. The molecule has 0 radical (unpaired) electrons. The first kappa shape index (κ1) is 30.1. The summed E-state index contributed by atoms with van der Waals surface area (Å²) in [5, 5.41) is 11.1. The minimum atomic E-state index is -0.554. The van der Waals surface area contributed by atoms with Crippen molar-refractivity contribution in [2.75, 3.05) is 37.0 Å². The second-order valence-corrected chi connectivity index (χ2v) is 9.49. The number of ether oxygens (including phenoxy) is 2. The normalized spacial score (nSPS) is 10.7. The number of thiazole rings is 1. The van der Waals surface area contributed by atoms with Crippen molar-refractivity contribution in [3.8, 4) is 5.75 Å². The highest BCUT2D eigenvalue weighted by atomic mass is 35.5. The summed E-state index contributed by atoms with van der Waals surface area (Å²) in [7, 11) is 1.46. The Kier molecular flexibility index (Phi) is 11.0. The number of ketones is 1. The van der Waals surface area contributed by atoms with Crippen molar-refractivity contribution < 1.29 is 28.7 Å². The van der Waals surface area contributed by atoms with Crippen LogP contribution in [-0.2, 0) is 14.3 Å². The van der Waals surface area contributed by atoms with Gasteiger partial charge in [0, 0.05) is 31.6 Å². The number of benzene rings is 2. The van der Waals surface area contributed by atoms with Crippen LogP contribution in [0.5, 0.6) is 5.75 Å². The highest BCUT2D eigenvalue weighted by molar-refractivity contribution is 7.17. The molecule has 0 fully saturated rings. The second-order valence-electron chi connectivity index (χ2n) is 8.13. The van der Waals surface area contributed by atoms with E-state index >= 15 is 0 Å². The maximum Gasteiger partial charge on any atom is 0.308 e. The summed E-state index contributed by atoms with van der Waals surface area (Å²) in [5.74, 6) is -0.828. The van der Waals surface area contributed by atoms with E-state index in [1.165, 1.54) is 14.0 Å². The molecule has 0 atom stereocenters. The average molecular weight is 584 g/mol. The molecular weight excluding hydrogens is 558 g/mol. The molecule has 0 aliphatic carbocycles. The third-order valence-electron chi connectivity index (χ3n) is 5.29. The number of nitrogens with one attached hydrogen (secondary N) is 1. The number of aromatic nitrogens is 1. The second kappa shape index (κ2) is 14.7. The van der Waals surface area contributed by atoms with E-state index in [2.05, 4.69) is 27.1 Å². The van der Waals surface area contributed by atoms with E-state index in [1.807, 2.05) is 0 Å². The number of carbonyl (C=O) groups excluding carboxylic acids is 4. The van der Waals surface area contributed by atoms with Crippen molar-refractivity contribution in [3.63, 3.8) is 0 Å². The molecule has 1 N–H and O–H groups in total. The van der Waals surface area contributed by atoms with Crippen LogP contribution in [0.1, 0.15) is 33.4 Å². The number of aldehydes is 1. The number of Topliss-reactive ketones (excluding diaryl/α,β-unsaturated/α-hetero) is 1. The Bertz CT molecular complexity index is 1430. The largest absolute Gasteiger partial charge is 0.494 e. The number of hydrogen-bond donors (Lipinski definition) is 1. The van der Waals surface area contributed by atoms with Gasteiger partial charge >= 0.3 is 5.97 Å². The van der Waals surface area contributed by atoms with Gasteiger partial charge in [-0.05, 0) is 6.07 Å². The molecule has 1 aromatic heterocycles. The summed E-state index contributed by atoms with van der Waals surface area (Å²) >= 11 is 6.86. The first-order chi connectivity index (χ1) is 19.2. The zero-order valence-corrected chi connectivity index (χ0v) is 23.3. The summed E-state index contributed by atoms with van der Waals surface area (Å²) in [6.45, 7) is 5.30. The molecule has 0 saturated heterocycles. The van der Waals surface area contributed by atoms with Crippen LogP contribution in [0.15, 0.2) is 65.3 Å². The maximum atomic E-state index is 12.4. The van der Waals surface area contributed by atoms with Crippen molar-refractivity contribution in [1.82, 2.24) is 4.98 Å². The van der Waals surface area contributed by atoms with Crippen LogP contribution in [-0.4, -0.2) is 55.7 Å². The van der Waals surface area contributed by atoms with E-state index in [9.17, 15) is 19.2 Å². The number of amides is 1. The van der Waals surface area contributed by atoms with Crippen molar-refractivity contribution in [3.05, 3.63) is 70.7 Å². The molecule has 208 valence electrons. The van der Waals surface area contributed by atoms with Gasteiger partial charge < -0.3 is 19.7 Å². The summed E-state index contributed by atoms with van der Waals surface area (Å²) in [6, 6.07) is 11.8. The van der Waals surface area contributed by atoms with Gasteiger partial charge in [-0.3, -0.25) is 19.2 Å². The number of esters is 1. The Hall–Kier alpha value is -4.42. The third-order valence-corrected chi connectivity index (χ3v) is 6.56. The first-order valence-electron chi connectivity index (χ1n) is 11.9. The van der Waals surface area contributed by atoms with Crippen molar-refractivity contribution >= 4 is 69.1 Å². The molecular formula is C27H26ClN5O6S. The van der Waals surface area contributed by atoms with Crippen molar-refractivity contribution in [2.45, 2.75) is 13.3 Å². The Labute approximate surface area is 239 Å². The van der Waals surface area contributed by atoms with Gasteiger partial charge in [-0.2, -0.15) is 0 Å². The number of methoxy groups -OCH3 is 1. The number of nitrogens with zero attached hydrogens (tertiary/aromatic N) is 4. The van der Waals surface area contributed by atoms with E-state index in [1.54, 1.807) is 53.4 Å². The topological polar surface area (TPSA) is 140 Å². The summed E-state index contributed by atoms with van der Waals surface area (Å²) in [5.41, 5.74) is 1.57. The van der Waals surface area contributed by atoms with Crippen LogP contribution < -0.4 is 15.0 Å². The molecule has 1 heterocycles. The van der Waals surface area contributed by atoms with Crippen LogP contribution in [0.2, 0.25) is 5.15 Å². The Balaban J connectivity index is 1.80. The zero-order valence-electron chi connectivity index (χ0n) is 21.8. The van der Waals surface area contributed by atoms with E-state index in [0.29, 0.717) is 35.5 Å². The molecule has 3 rings (SSSR count). The molecule has 0 aliphatic heterocycles. The summed E-state index contributed by atoms with van der Waals surface area (Å²) < 4.78 is 10.7. The molecule has 0 unspecified atom stereocenters. The molecule has 0 bridgehead atoms. The van der Waals surface area contributed by atoms with Gasteiger partial charge in [0.2, 0.25) is 11.0 Å². The van der Waals surface area contributed by atoms with Gasteiger partial charge in [0.15, 0.2) is 23.8 Å². The van der Waals surface area contributed by atoms with Crippen LogP contribution in [0.3, 0.4) is 0 Å². The predicted octanol–water partition coefficient (Wildman–Crippen LogP) is 5.80. The average Bonchev–Trinajstić information content (AvgIpc) is 3.32. The Morgan fingerprint density at radius 1 is 1.20 bits per heavy atom. The molecule has 2 aromatic carbocycles. The molecule has 1 amide bonds. The SMILES string of the molecule is C=CCN(CCC(=O)OCC(=O)c1ccccc1)c1cc(NC(C)=O)c(/N=N/c2nc(Cl)c(C=O)s2)cc1OC.